The Balaban J connectivity index is 1.43. The molecular formula is C38H22N6. The van der Waals surface area contributed by atoms with Crippen molar-refractivity contribution in [2.45, 2.75) is 0 Å². The molecule has 204 valence electrons. The van der Waals surface area contributed by atoms with Gasteiger partial charge in [0, 0.05) is 44.3 Å². The van der Waals surface area contributed by atoms with Crippen LogP contribution in [-0.4, -0.2) is 28.9 Å². The summed E-state index contributed by atoms with van der Waals surface area (Å²) in [6, 6.07) is 44.0. The number of hydrogen-bond acceptors (Lipinski definition) is 4. The van der Waals surface area contributed by atoms with Gasteiger partial charge in [-0.2, -0.15) is 9.97 Å². The molecule has 0 atom stereocenters. The largest absolute Gasteiger partial charge is 0.293 e. The lowest BCUT2D eigenvalue weighted by molar-refractivity contribution is 0.954. The van der Waals surface area contributed by atoms with Crippen LogP contribution in [0.4, 0.5) is 0 Å². The Morgan fingerprint density at radius 2 is 1.07 bits per heavy atom. The van der Waals surface area contributed by atoms with Crippen LogP contribution in [0.1, 0.15) is 0 Å². The lowest BCUT2D eigenvalue weighted by atomic mass is 10.0. The number of para-hydroxylation sites is 1. The number of rotatable bonds is 3. The SMILES string of the molecule is c1ccc(-c2nc(-c3ccccc3)nc(-n3c4cccc5c6cccnc6n6c7ccccc7c7ccc3c(c54)c76)n2)cc1. The summed E-state index contributed by atoms with van der Waals surface area (Å²) in [5, 5.41) is 7.00. The van der Waals surface area contributed by atoms with E-state index in [0.717, 1.165) is 49.6 Å². The third kappa shape index (κ3) is 3.08. The molecule has 0 saturated carbocycles. The zero-order valence-electron chi connectivity index (χ0n) is 23.4. The summed E-state index contributed by atoms with van der Waals surface area (Å²) in [5.74, 6) is 1.86. The molecule has 0 unspecified atom stereocenters. The lowest BCUT2D eigenvalue weighted by Crippen LogP contribution is -2.06. The van der Waals surface area contributed by atoms with Crippen molar-refractivity contribution in [2.75, 3.05) is 0 Å². The van der Waals surface area contributed by atoms with Crippen molar-refractivity contribution in [3.8, 4) is 28.7 Å². The van der Waals surface area contributed by atoms with Crippen molar-refractivity contribution in [2.24, 2.45) is 0 Å². The summed E-state index contributed by atoms with van der Waals surface area (Å²) in [7, 11) is 0. The topological polar surface area (TPSA) is 60.9 Å². The van der Waals surface area contributed by atoms with E-state index >= 15 is 0 Å². The van der Waals surface area contributed by atoms with Gasteiger partial charge in [-0.1, -0.05) is 97.1 Å². The molecule has 0 N–H and O–H groups in total. The van der Waals surface area contributed by atoms with Crippen LogP contribution in [0.15, 0.2) is 134 Å². The molecule has 0 aliphatic rings. The molecule has 0 radical (unpaired) electrons. The Bertz CT molecular complexity index is 2650. The first kappa shape index (κ1) is 23.4. The van der Waals surface area contributed by atoms with E-state index in [2.05, 4.69) is 69.6 Å². The fourth-order valence-corrected chi connectivity index (χ4v) is 6.94. The summed E-state index contributed by atoms with van der Waals surface area (Å²) in [6.07, 6.45) is 1.89. The quantitative estimate of drug-likeness (QED) is 0.216. The summed E-state index contributed by atoms with van der Waals surface area (Å²) < 4.78 is 4.54. The predicted molar refractivity (Wildman–Crippen MR) is 177 cm³/mol. The van der Waals surface area contributed by atoms with Crippen molar-refractivity contribution in [1.82, 2.24) is 28.9 Å². The van der Waals surface area contributed by atoms with Crippen molar-refractivity contribution in [1.29, 1.82) is 0 Å². The number of hydrogen-bond donors (Lipinski definition) is 0. The molecule has 5 aromatic heterocycles. The first-order valence-electron chi connectivity index (χ1n) is 14.7. The third-order valence-electron chi connectivity index (χ3n) is 8.77. The highest BCUT2D eigenvalue weighted by atomic mass is 15.2. The van der Waals surface area contributed by atoms with Crippen LogP contribution in [0.25, 0.3) is 88.8 Å². The molecule has 6 nitrogen and oxygen atoms in total. The van der Waals surface area contributed by atoms with E-state index in [9.17, 15) is 0 Å². The molecule has 10 aromatic rings. The third-order valence-corrected chi connectivity index (χ3v) is 8.77. The van der Waals surface area contributed by atoms with Crippen LogP contribution in [0.3, 0.4) is 0 Å². The molecule has 0 saturated heterocycles. The van der Waals surface area contributed by atoms with E-state index in [4.69, 9.17) is 19.9 Å². The summed E-state index contributed by atoms with van der Waals surface area (Å²) >= 11 is 0. The van der Waals surface area contributed by atoms with Crippen LogP contribution >= 0.6 is 0 Å². The van der Waals surface area contributed by atoms with E-state index in [1.165, 1.54) is 21.5 Å². The van der Waals surface area contributed by atoms with Gasteiger partial charge >= 0.3 is 0 Å². The van der Waals surface area contributed by atoms with Gasteiger partial charge in [-0.3, -0.25) is 8.97 Å². The number of aromatic nitrogens is 6. The van der Waals surface area contributed by atoms with Crippen molar-refractivity contribution >= 4 is 60.0 Å². The second kappa shape index (κ2) is 8.69. The minimum atomic E-state index is 0.587. The molecule has 44 heavy (non-hydrogen) atoms. The molecule has 5 aromatic carbocycles. The van der Waals surface area contributed by atoms with Gasteiger partial charge in [0.25, 0.3) is 0 Å². The van der Waals surface area contributed by atoms with Gasteiger partial charge in [-0.25, -0.2) is 9.97 Å². The molecular weight excluding hydrogens is 540 g/mol. The smallest absolute Gasteiger partial charge is 0.238 e. The fraction of sp³-hybridized carbons (Fsp3) is 0. The maximum Gasteiger partial charge on any atom is 0.238 e. The highest BCUT2D eigenvalue weighted by Crippen LogP contribution is 2.44. The highest BCUT2D eigenvalue weighted by Gasteiger charge is 2.24. The molecule has 0 spiro atoms. The lowest BCUT2D eigenvalue weighted by Gasteiger charge is -2.11. The molecule has 0 aliphatic heterocycles. The van der Waals surface area contributed by atoms with Crippen LogP contribution in [-0.2, 0) is 0 Å². The van der Waals surface area contributed by atoms with Gasteiger partial charge < -0.3 is 0 Å². The first-order chi connectivity index (χ1) is 21.8. The van der Waals surface area contributed by atoms with Gasteiger partial charge in [0.15, 0.2) is 11.6 Å². The van der Waals surface area contributed by atoms with E-state index < -0.39 is 0 Å². The van der Waals surface area contributed by atoms with Gasteiger partial charge in [0.1, 0.15) is 5.65 Å². The highest BCUT2D eigenvalue weighted by molar-refractivity contribution is 6.32. The van der Waals surface area contributed by atoms with Gasteiger partial charge in [-0.15, -0.1) is 0 Å². The molecule has 6 heteroatoms. The second-order valence-corrected chi connectivity index (χ2v) is 11.1. The fourth-order valence-electron chi connectivity index (χ4n) is 6.94. The average molecular weight is 563 g/mol. The summed E-state index contributed by atoms with van der Waals surface area (Å²) in [6.45, 7) is 0. The normalized spacial score (nSPS) is 12.1. The van der Waals surface area contributed by atoms with Crippen LogP contribution in [0.5, 0.6) is 0 Å². The first-order valence-corrected chi connectivity index (χ1v) is 14.7. The van der Waals surface area contributed by atoms with Gasteiger partial charge in [0.05, 0.1) is 22.1 Å². The van der Waals surface area contributed by atoms with Crippen molar-refractivity contribution in [3.63, 3.8) is 0 Å². The number of pyridine rings is 1. The van der Waals surface area contributed by atoms with Crippen LogP contribution in [0, 0.1) is 0 Å². The van der Waals surface area contributed by atoms with Gasteiger partial charge in [-0.05, 0) is 35.7 Å². The van der Waals surface area contributed by atoms with Crippen molar-refractivity contribution < 1.29 is 0 Å². The molecule has 10 rings (SSSR count). The number of benzene rings is 5. The number of fused-ring (bicyclic) bond motifs is 6. The maximum absolute atomic E-state index is 5.13. The Kier molecular flexibility index (Phi) is 4.63. The zero-order valence-corrected chi connectivity index (χ0v) is 23.4. The van der Waals surface area contributed by atoms with Crippen LogP contribution < -0.4 is 0 Å². The summed E-state index contributed by atoms with van der Waals surface area (Å²) in [4.78, 5) is 20.2. The van der Waals surface area contributed by atoms with E-state index in [0.29, 0.717) is 17.6 Å². The van der Waals surface area contributed by atoms with E-state index in [-0.39, 0.29) is 0 Å². The predicted octanol–water partition coefficient (Wildman–Crippen LogP) is 8.85. The van der Waals surface area contributed by atoms with Gasteiger partial charge in [0.2, 0.25) is 5.95 Å². The molecule has 0 fully saturated rings. The van der Waals surface area contributed by atoms with Crippen LogP contribution in [0.2, 0.25) is 0 Å². The molecule has 0 bridgehead atoms. The maximum atomic E-state index is 5.13. The molecule has 0 aliphatic carbocycles. The van der Waals surface area contributed by atoms with E-state index in [1.807, 2.05) is 72.9 Å². The molecule has 0 amide bonds. The Morgan fingerprint density at radius 1 is 0.432 bits per heavy atom. The summed E-state index contributed by atoms with van der Waals surface area (Å²) in [5.41, 5.74) is 7.21. The zero-order chi connectivity index (χ0) is 28.8. The average Bonchev–Trinajstić information content (AvgIpc) is 3.57. The monoisotopic (exact) mass is 562 g/mol. The second-order valence-electron chi connectivity index (χ2n) is 11.1. The Hall–Kier alpha value is -6.14. The number of nitrogens with zero attached hydrogens (tertiary/aromatic N) is 6. The minimum Gasteiger partial charge on any atom is -0.293 e. The minimum absolute atomic E-state index is 0.587. The van der Waals surface area contributed by atoms with Crippen molar-refractivity contribution in [3.05, 3.63) is 134 Å². The standard InChI is InChI=1S/C38H22N6/c1-3-11-23(12-4-1)35-40-36(24-13-5-2-6-14-24)42-38(41-35)43-30-19-9-16-26-28-17-10-22-39-37(28)44-29-18-8-7-15-25(29)27-20-21-31(43)33(32(26)30)34(27)44/h1-22H. The molecule has 5 heterocycles. The Labute approximate surface area is 250 Å². The van der Waals surface area contributed by atoms with E-state index in [1.54, 1.807) is 0 Å². The Morgan fingerprint density at radius 3 is 1.84 bits per heavy atom.